The number of sulfonamides is 1. The molecule has 1 saturated carbocycles. The van der Waals surface area contributed by atoms with Crippen LogP contribution in [0, 0.1) is 5.82 Å². The molecule has 1 atom stereocenters. The maximum absolute atomic E-state index is 14.5. The lowest BCUT2D eigenvalue weighted by Crippen LogP contribution is -2.53. The molecule has 0 spiro atoms. The summed E-state index contributed by atoms with van der Waals surface area (Å²) < 4.78 is 40.6. The first-order valence-corrected chi connectivity index (χ1v) is 14.3. The molecule has 2 aromatic rings. The zero-order valence-corrected chi connectivity index (χ0v) is 22.5. The van der Waals surface area contributed by atoms with Gasteiger partial charge in [-0.1, -0.05) is 60.7 Å². The van der Waals surface area contributed by atoms with Gasteiger partial charge in [0.15, 0.2) is 0 Å². The number of nitrogens with zero attached hydrogens (tertiary/aromatic N) is 2. The molecular weight excluding hydrogens is 528 g/mol. The van der Waals surface area contributed by atoms with E-state index in [0.29, 0.717) is 0 Å². The second-order valence-corrected chi connectivity index (χ2v) is 11.8. The molecule has 0 unspecified atom stereocenters. The Bertz CT molecular complexity index is 1190. The second kappa shape index (κ2) is 12.3. The van der Waals surface area contributed by atoms with E-state index in [4.69, 9.17) is 23.2 Å². The van der Waals surface area contributed by atoms with Crippen LogP contribution in [0.1, 0.15) is 44.6 Å². The molecule has 2 amide bonds. The number of nitrogens with one attached hydrogen (secondary N) is 1. The van der Waals surface area contributed by atoms with E-state index in [1.165, 1.54) is 41.3 Å². The van der Waals surface area contributed by atoms with Crippen LogP contribution in [-0.4, -0.2) is 50.0 Å². The van der Waals surface area contributed by atoms with E-state index in [0.717, 1.165) is 42.7 Å². The van der Waals surface area contributed by atoms with Gasteiger partial charge in [-0.3, -0.25) is 13.9 Å². The number of rotatable bonds is 9. The molecule has 1 aliphatic rings. The summed E-state index contributed by atoms with van der Waals surface area (Å²) in [5, 5.41) is 3.38. The van der Waals surface area contributed by atoms with E-state index in [1.807, 2.05) is 0 Å². The molecule has 0 saturated heterocycles. The molecule has 3 rings (SSSR count). The molecular formula is C25H30Cl2FN3O4S. The van der Waals surface area contributed by atoms with Crippen molar-refractivity contribution in [3.8, 4) is 0 Å². The molecule has 36 heavy (non-hydrogen) atoms. The first kappa shape index (κ1) is 28.2. The predicted molar refractivity (Wildman–Crippen MR) is 140 cm³/mol. The highest BCUT2D eigenvalue weighted by molar-refractivity contribution is 7.92. The largest absolute Gasteiger partial charge is 0.352 e. The van der Waals surface area contributed by atoms with Crippen molar-refractivity contribution >= 4 is 50.7 Å². The number of hydrogen-bond donors (Lipinski definition) is 1. The summed E-state index contributed by atoms with van der Waals surface area (Å²) in [7, 11) is -3.94. The molecule has 0 bridgehead atoms. The van der Waals surface area contributed by atoms with Crippen LogP contribution in [0.3, 0.4) is 0 Å². The van der Waals surface area contributed by atoms with Crippen molar-refractivity contribution in [1.82, 2.24) is 10.2 Å². The topological polar surface area (TPSA) is 86.8 Å². The minimum atomic E-state index is -3.94. The van der Waals surface area contributed by atoms with Crippen molar-refractivity contribution in [2.75, 3.05) is 17.1 Å². The van der Waals surface area contributed by atoms with Gasteiger partial charge in [0.05, 0.1) is 11.9 Å². The first-order chi connectivity index (χ1) is 17.0. The average molecular weight is 559 g/mol. The van der Waals surface area contributed by atoms with E-state index in [9.17, 15) is 22.4 Å². The Morgan fingerprint density at radius 2 is 1.69 bits per heavy atom. The van der Waals surface area contributed by atoms with Crippen molar-refractivity contribution in [3.63, 3.8) is 0 Å². The quantitative estimate of drug-likeness (QED) is 0.481. The Balaban J connectivity index is 1.90. The van der Waals surface area contributed by atoms with Gasteiger partial charge in [0, 0.05) is 28.2 Å². The summed E-state index contributed by atoms with van der Waals surface area (Å²) in [6.07, 6.45) is 5.82. The standard InChI is InChI=1S/C25H30Cl2FN3O4S/c1-17(25(33)29-21-9-4-3-5-10-21)30(15-18-8-6-7-11-23(18)28)24(32)16-31(36(2,34)35)22-13-19(26)12-20(27)14-22/h6-8,11-14,17,21H,3-5,9-10,15-16H2,1-2H3,(H,29,33)/t17-/m1/s1. The normalized spacial score (nSPS) is 15.2. The van der Waals surface area contributed by atoms with Gasteiger partial charge < -0.3 is 10.2 Å². The van der Waals surface area contributed by atoms with Crippen LogP contribution in [0.25, 0.3) is 0 Å². The zero-order valence-electron chi connectivity index (χ0n) is 20.2. The third-order valence-corrected chi connectivity index (χ3v) is 7.81. The first-order valence-electron chi connectivity index (χ1n) is 11.7. The number of hydrogen-bond acceptors (Lipinski definition) is 4. The van der Waals surface area contributed by atoms with Crippen molar-refractivity contribution in [3.05, 3.63) is 63.9 Å². The molecule has 1 aliphatic carbocycles. The van der Waals surface area contributed by atoms with Gasteiger partial charge in [0.2, 0.25) is 21.8 Å². The lowest BCUT2D eigenvalue weighted by atomic mass is 9.95. The van der Waals surface area contributed by atoms with E-state index in [1.54, 1.807) is 13.0 Å². The number of benzene rings is 2. The highest BCUT2D eigenvalue weighted by Crippen LogP contribution is 2.27. The molecule has 2 aromatic carbocycles. The Labute approximate surface area is 221 Å². The fourth-order valence-corrected chi connectivity index (χ4v) is 5.61. The Morgan fingerprint density at radius 3 is 2.28 bits per heavy atom. The summed E-state index contributed by atoms with van der Waals surface area (Å²) >= 11 is 12.1. The van der Waals surface area contributed by atoms with Crippen LogP contribution >= 0.6 is 23.2 Å². The minimum absolute atomic E-state index is 0.0141. The van der Waals surface area contributed by atoms with Crippen molar-refractivity contribution in [2.24, 2.45) is 0 Å². The van der Waals surface area contributed by atoms with Crippen LogP contribution in [0.2, 0.25) is 10.0 Å². The second-order valence-electron chi connectivity index (χ2n) is 9.03. The molecule has 7 nitrogen and oxygen atoms in total. The van der Waals surface area contributed by atoms with Gasteiger partial charge in [0.1, 0.15) is 18.4 Å². The number of amides is 2. The number of anilines is 1. The lowest BCUT2D eigenvalue weighted by Gasteiger charge is -2.33. The number of carbonyl (C=O) groups is 2. The summed E-state index contributed by atoms with van der Waals surface area (Å²) in [4.78, 5) is 27.9. The Morgan fingerprint density at radius 1 is 1.08 bits per heavy atom. The van der Waals surface area contributed by atoms with Crippen LogP contribution in [0.15, 0.2) is 42.5 Å². The average Bonchev–Trinajstić information content (AvgIpc) is 2.80. The highest BCUT2D eigenvalue weighted by Gasteiger charge is 2.31. The minimum Gasteiger partial charge on any atom is -0.352 e. The van der Waals surface area contributed by atoms with Gasteiger partial charge in [-0.2, -0.15) is 0 Å². The molecule has 0 aromatic heterocycles. The third-order valence-electron chi connectivity index (χ3n) is 6.23. The molecule has 0 aliphatic heterocycles. The highest BCUT2D eigenvalue weighted by atomic mass is 35.5. The van der Waals surface area contributed by atoms with Crippen molar-refractivity contribution in [2.45, 2.75) is 57.7 Å². The van der Waals surface area contributed by atoms with Crippen LogP contribution in [-0.2, 0) is 26.2 Å². The summed E-state index contributed by atoms with van der Waals surface area (Å²) in [5.41, 5.74) is 0.313. The summed E-state index contributed by atoms with van der Waals surface area (Å²) in [5.74, 6) is -1.58. The van der Waals surface area contributed by atoms with Gasteiger partial charge in [-0.15, -0.1) is 0 Å². The van der Waals surface area contributed by atoms with E-state index in [2.05, 4.69) is 5.32 Å². The maximum Gasteiger partial charge on any atom is 0.244 e. The molecule has 1 fully saturated rings. The SMILES string of the molecule is C[C@H](C(=O)NC1CCCCC1)N(Cc1ccccc1F)C(=O)CN(c1cc(Cl)cc(Cl)c1)S(C)(=O)=O. The maximum atomic E-state index is 14.5. The fraction of sp³-hybridized carbons (Fsp3) is 0.440. The predicted octanol–water partition coefficient (Wildman–Crippen LogP) is 4.76. The summed E-state index contributed by atoms with van der Waals surface area (Å²) in [6.45, 7) is 0.724. The van der Waals surface area contributed by atoms with Gasteiger partial charge >= 0.3 is 0 Å². The van der Waals surface area contributed by atoms with Crippen LogP contribution < -0.4 is 9.62 Å². The molecule has 196 valence electrons. The van der Waals surface area contributed by atoms with Crippen molar-refractivity contribution in [1.29, 1.82) is 0 Å². The molecule has 1 N–H and O–H groups in total. The smallest absolute Gasteiger partial charge is 0.244 e. The van der Waals surface area contributed by atoms with Crippen LogP contribution in [0.5, 0.6) is 0 Å². The molecule has 11 heteroatoms. The number of carbonyl (C=O) groups excluding carboxylic acids is 2. The van der Waals surface area contributed by atoms with E-state index >= 15 is 0 Å². The lowest BCUT2D eigenvalue weighted by molar-refractivity contribution is -0.139. The van der Waals surface area contributed by atoms with Gasteiger partial charge in [-0.05, 0) is 44.0 Å². The van der Waals surface area contributed by atoms with E-state index < -0.39 is 34.3 Å². The zero-order chi connectivity index (χ0) is 26.5. The van der Waals surface area contributed by atoms with Gasteiger partial charge in [0.25, 0.3) is 0 Å². The third kappa shape index (κ3) is 7.57. The van der Waals surface area contributed by atoms with Crippen LogP contribution in [0.4, 0.5) is 10.1 Å². The monoisotopic (exact) mass is 557 g/mol. The summed E-state index contributed by atoms with van der Waals surface area (Å²) in [6, 6.07) is 9.18. The molecule has 0 heterocycles. The Kier molecular flexibility index (Phi) is 9.60. The van der Waals surface area contributed by atoms with E-state index in [-0.39, 0.29) is 39.8 Å². The Hall–Kier alpha value is -2.36. The fourth-order valence-electron chi connectivity index (χ4n) is 4.26. The number of halogens is 3. The van der Waals surface area contributed by atoms with Gasteiger partial charge in [-0.25, -0.2) is 12.8 Å². The molecule has 0 radical (unpaired) electrons. The van der Waals surface area contributed by atoms with Crippen molar-refractivity contribution < 1.29 is 22.4 Å².